The number of likely N-dealkylation sites (N-methyl/N-ethyl adjacent to an activating group) is 1. The maximum absolute atomic E-state index is 12.2. The number of para-hydroxylation sites is 1. The molecule has 0 saturated heterocycles. The molecule has 6 heteroatoms. The van der Waals surface area contributed by atoms with E-state index in [9.17, 15) is 4.79 Å². The molecule has 20 heavy (non-hydrogen) atoms. The maximum Gasteiger partial charge on any atom is 0.235 e. The second-order valence-electron chi connectivity index (χ2n) is 4.30. The van der Waals surface area contributed by atoms with E-state index >= 15 is 0 Å². The summed E-state index contributed by atoms with van der Waals surface area (Å²) in [5.41, 5.74) is 1.29. The number of rotatable bonds is 3. The molecule has 1 aromatic carbocycles. The van der Waals surface area contributed by atoms with E-state index in [1.165, 1.54) is 4.90 Å². The first-order valence-electron chi connectivity index (χ1n) is 6.12. The van der Waals surface area contributed by atoms with E-state index in [0.717, 1.165) is 5.39 Å². The van der Waals surface area contributed by atoms with Gasteiger partial charge in [0.25, 0.3) is 0 Å². The standard InChI is InChI=1S/C14H12N4O2/c1-18(14-15-7-4-8-16-14)13(19)9-11-10-5-2-3-6-12(10)20-17-11/h2-8H,9H2,1H3. The number of fused-ring (bicyclic) bond motifs is 1. The summed E-state index contributed by atoms with van der Waals surface area (Å²) < 4.78 is 5.18. The van der Waals surface area contributed by atoms with E-state index < -0.39 is 0 Å². The van der Waals surface area contributed by atoms with Crippen molar-refractivity contribution >= 4 is 22.8 Å². The summed E-state index contributed by atoms with van der Waals surface area (Å²) in [5, 5.41) is 4.80. The van der Waals surface area contributed by atoms with E-state index in [0.29, 0.717) is 17.2 Å². The predicted molar refractivity (Wildman–Crippen MR) is 73.2 cm³/mol. The highest BCUT2D eigenvalue weighted by Crippen LogP contribution is 2.19. The molecule has 0 saturated carbocycles. The van der Waals surface area contributed by atoms with Gasteiger partial charge in [-0.05, 0) is 18.2 Å². The molecular formula is C14H12N4O2. The highest BCUT2D eigenvalue weighted by Gasteiger charge is 2.17. The van der Waals surface area contributed by atoms with Crippen LogP contribution in [0.15, 0.2) is 47.2 Å². The normalized spacial score (nSPS) is 10.7. The Morgan fingerprint density at radius 3 is 2.75 bits per heavy atom. The van der Waals surface area contributed by atoms with Crippen LogP contribution in [0.5, 0.6) is 0 Å². The summed E-state index contributed by atoms with van der Waals surface area (Å²) in [6.45, 7) is 0. The van der Waals surface area contributed by atoms with Gasteiger partial charge in [-0.3, -0.25) is 9.69 Å². The third kappa shape index (κ3) is 2.23. The number of carbonyl (C=O) groups is 1. The lowest BCUT2D eigenvalue weighted by molar-refractivity contribution is -0.117. The van der Waals surface area contributed by atoms with E-state index in [1.54, 1.807) is 25.5 Å². The van der Waals surface area contributed by atoms with Crippen molar-refractivity contribution in [3.05, 3.63) is 48.4 Å². The van der Waals surface area contributed by atoms with Crippen LogP contribution in [-0.4, -0.2) is 28.1 Å². The predicted octanol–water partition coefficient (Wildman–Crippen LogP) is 1.82. The second-order valence-corrected chi connectivity index (χ2v) is 4.30. The van der Waals surface area contributed by atoms with Crippen LogP contribution in [0.3, 0.4) is 0 Å². The van der Waals surface area contributed by atoms with Crippen molar-refractivity contribution in [2.45, 2.75) is 6.42 Å². The number of hydrogen-bond donors (Lipinski definition) is 0. The average molecular weight is 268 g/mol. The quantitative estimate of drug-likeness (QED) is 0.724. The van der Waals surface area contributed by atoms with Crippen molar-refractivity contribution in [2.75, 3.05) is 11.9 Å². The molecule has 0 spiro atoms. The Kier molecular flexibility index (Phi) is 3.12. The Morgan fingerprint density at radius 1 is 1.20 bits per heavy atom. The monoisotopic (exact) mass is 268 g/mol. The van der Waals surface area contributed by atoms with Crippen LogP contribution in [0.1, 0.15) is 5.69 Å². The molecule has 0 aliphatic rings. The highest BCUT2D eigenvalue weighted by atomic mass is 16.5. The van der Waals surface area contributed by atoms with Crippen LogP contribution in [0.2, 0.25) is 0 Å². The van der Waals surface area contributed by atoms with Crippen LogP contribution in [-0.2, 0) is 11.2 Å². The lowest BCUT2D eigenvalue weighted by atomic mass is 10.1. The number of anilines is 1. The molecule has 0 radical (unpaired) electrons. The maximum atomic E-state index is 12.2. The molecule has 3 aromatic rings. The molecule has 0 fully saturated rings. The summed E-state index contributed by atoms with van der Waals surface area (Å²) in [6, 6.07) is 9.15. The molecule has 6 nitrogen and oxygen atoms in total. The van der Waals surface area contributed by atoms with E-state index in [-0.39, 0.29) is 12.3 Å². The first-order chi connectivity index (χ1) is 9.75. The molecule has 3 rings (SSSR count). The molecule has 1 amide bonds. The molecule has 0 N–H and O–H groups in total. The minimum atomic E-state index is -0.143. The third-order valence-corrected chi connectivity index (χ3v) is 3.00. The van der Waals surface area contributed by atoms with Crippen LogP contribution in [0.4, 0.5) is 5.95 Å². The number of nitrogens with zero attached hydrogens (tertiary/aromatic N) is 4. The smallest absolute Gasteiger partial charge is 0.235 e. The number of amides is 1. The number of aromatic nitrogens is 3. The first kappa shape index (κ1) is 12.3. The first-order valence-corrected chi connectivity index (χ1v) is 6.12. The highest BCUT2D eigenvalue weighted by molar-refractivity contribution is 5.94. The van der Waals surface area contributed by atoms with Gasteiger partial charge in [-0.2, -0.15) is 0 Å². The van der Waals surface area contributed by atoms with E-state index in [2.05, 4.69) is 15.1 Å². The molecule has 2 heterocycles. The molecule has 0 atom stereocenters. The van der Waals surface area contributed by atoms with Gasteiger partial charge in [0, 0.05) is 24.8 Å². The Balaban J connectivity index is 1.82. The third-order valence-electron chi connectivity index (χ3n) is 3.00. The Hall–Kier alpha value is -2.76. The van der Waals surface area contributed by atoms with Crippen molar-refractivity contribution in [3.63, 3.8) is 0 Å². The lowest BCUT2D eigenvalue weighted by Gasteiger charge is -2.13. The summed E-state index contributed by atoms with van der Waals surface area (Å²) >= 11 is 0. The van der Waals surface area contributed by atoms with Crippen LogP contribution < -0.4 is 4.90 Å². The van der Waals surface area contributed by atoms with Crippen LogP contribution >= 0.6 is 0 Å². The van der Waals surface area contributed by atoms with Crippen molar-refractivity contribution < 1.29 is 9.32 Å². The van der Waals surface area contributed by atoms with Gasteiger partial charge in [0.15, 0.2) is 5.58 Å². The number of carbonyl (C=O) groups excluding carboxylic acids is 1. The fourth-order valence-corrected chi connectivity index (χ4v) is 1.90. The summed E-state index contributed by atoms with van der Waals surface area (Å²) in [7, 11) is 1.64. The zero-order valence-electron chi connectivity index (χ0n) is 10.9. The molecule has 100 valence electrons. The van der Waals surface area contributed by atoms with Crippen molar-refractivity contribution in [2.24, 2.45) is 0 Å². The van der Waals surface area contributed by atoms with Gasteiger partial charge in [-0.25, -0.2) is 9.97 Å². The largest absolute Gasteiger partial charge is 0.356 e. The van der Waals surface area contributed by atoms with Gasteiger partial charge >= 0.3 is 0 Å². The van der Waals surface area contributed by atoms with Crippen LogP contribution in [0, 0.1) is 0 Å². The molecule has 0 aliphatic carbocycles. The average Bonchev–Trinajstić information content (AvgIpc) is 2.91. The summed E-state index contributed by atoms with van der Waals surface area (Å²) in [5.74, 6) is 0.223. The second kappa shape index (κ2) is 5.08. The van der Waals surface area contributed by atoms with E-state index in [4.69, 9.17) is 4.52 Å². The Bertz CT molecular complexity index is 739. The Morgan fingerprint density at radius 2 is 1.95 bits per heavy atom. The lowest BCUT2D eigenvalue weighted by Crippen LogP contribution is -2.29. The Labute approximate surface area is 115 Å². The minimum absolute atomic E-state index is 0.143. The zero-order valence-corrected chi connectivity index (χ0v) is 10.9. The molecule has 0 unspecified atom stereocenters. The van der Waals surface area contributed by atoms with Crippen LogP contribution in [0.25, 0.3) is 11.0 Å². The van der Waals surface area contributed by atoms with Gasteiger partial charge in [0.2, 0.25) is 11.9 Å². The number of hydrogen-bond acceptors (Lipinski definition) is 5. The molecule has 0 bridgehead atoms. The fourth-order valence-electron chi connectivity index (χ4n) is 1.90. The zero-order chi connectivity index (χ0) is 13.9. The van der Waals surface area contributed by atoms with Gasteiger partial charge < -0.3 is 4.52 Å². The van der Waals surface area contributed by atoms with Crippen molar-refractivity contribution in [1.29, 1.82) is 0 Å². The number of benzene rings is 1. The summed E-state index contributed by atoms with van der Waals surface area (Å²) in [4.78, 5) is 21.7. The van der Waals surface area contributed by atoms with Gasteiger partial charge in [-0.1, -0.05) is 17.3 Å². The molecule has 0 aliphatic heterocycles. The van der Waals surface area contributed by atoms with Gasteiger partial charge in [-0.15, -0.1) is 0 Å². The molecule has 2 aromatic heterocycles. The van der Waals surface area contributed by atoms with E-state index in [1.807, 2.05) is 24.3 Å². The topological polar surface area (TPSA) is 72.1 Å². The van der Waals surface area contributed by atoms with Crippen molar-refractivity contribution in [3.8, 4) is 0 Å². The minimum Gasteiger partial charge on any atom is -0.356 e. The van der Waals surface area contributed by atoms with Crippen molar-refractivity contribution in [1.82, 2.24) is 15.1 Å². The molecular weight excluding hydrogens is 256 g/mol. The van der Waals surface area contributed by atoms with Gasteiger partial charge in [0.05, 0.1) is 6.42 Å². The summed E-state index contributed by atoms with van der Waals surface area (Å²) in [6.07, 6.45) is 3.33. The fraction of sp³-hybridized carbons (Fsp3) is 0.143. The SMILES string of the molecule is CN(C(=O)Cc1noc2ccccc12)c1ncccn1. The van der Waals surface area contributed by atoms with Gasteiger partial charge in [0.1, 0.15) is 5.69 Å².